The van der Waals surface area contributed by atoms with Crippen molar-refractivity contribution >= 4 is 34.9 Å². The van der Waals surface area contributed by atoms with E-state index in [9.17, 15) is 4.79 Å². The van der Waals surface area contributed by atoms with E-state index in [0.717, 1.165) is 28.2 Å². The first-order valence-electron chi connectivity index (χ1n) is 8.63. The van der Waals surface area contributed by atoms with E-state index in [1.54, 1.807) is 6.21 Å². The van der Waals surface area contributed by atoms with Crippen molar-refractivity contribution in [3.63, 3.8) is 0 Å². The Labute approximate surface area is 157 Å². The average Bonchev–Trinajstić information content (AvgIpc) is 3.04. The third-order valence-electron chi connectivity index (χ3n) is 4.43. The van der Waals surface area contributed by atoms with Crippen molar-refractivity contribution < 1.29 is 4.79 Å². The SMILES string of the molecule is CN(c1ccccc1)c1ccc(/C=N/N=C2\C(=O)Nc3ccccc32)cc1. The number of hydrogen-bond acceptors (Lipinski definition) is 4. The molecule has 0 aliphatic carbocycles. The minimum Gasteiger partial charge on any atom is -0.345 e. The van der Waals surface area contributed by atoms with Gasteiger partial charge in [-0.05, 0) is 35.9 Å². The number of para-hydroxylation sites is 2. The van der Waals surface area contributed by atoms with E-state index in [4.69, 9.17) is 0 Å². The second kappa shape index (κ2) is 7.25. The van der Waals surface area contributed by atoms with Crippen LogP contribution in [0.5, 0.6) is 0 Å². The molecule has 0 spiro atoms. The molecule has 1 aliphatic rings. The second-order valence-corrected chi connectivity index (χ2v) is 6.18. The van der Waals surface area contributed by atoms with E-state index in [1.807, 2.05) is 73.8 Å². The number of nitrogens with one attached hydrogen (secondary N) is 1. The Kier molecular flexibility index (Phi) is 4.49. The second-order valence-electron chi connectivity index (χ2n) is 6.18. The molecule has 0 saturated carbocycles. The van der Waals surface area contributed by atoms with E-state index in [-0.39, 0.29) is 5.91 Å². The number of carbonyl (C=O) groups excluding carboxylic acids is 1. The summed E-state index contributed by atoms with van der Waals surface area (Å²) in [7, 11) is 2.03. The van der Waals surface area contributed by atoms with Gasteiger partial charge in [-0.3, -0.25) is 4.79 Å². The molecule has 1 amide bonds. The predicted molar refractivity (Wildman–Crippen MR) is 110 cm³/mol. The van der Waals surface area contributed by atoms with E-state index in [0.29, 0.717) is 5.71 Å². The monoisotopic (exact) mass is 354 g/mol. The molecule has 0 atom stereocenters. The van der Waals surface area contributed by atoms with Gasteiger partial charge in [0.2, 0.25) is 0 Å². The Balaban J connectivity index is 1.50. The number of amides is 1. The van der Waals surface area contributed by atoms with Crippen LogP contribution in [0, 0.1) is 0 Å². The topological polar surface area (TPSA) is 57.1 Å². The summed E-state index contributed by atoms with van der Waals surface area (Å²) < 4.78 is 0. The van der Waals surface area contributed by atoms with Gasteiger partial charge < -0.3 is 10.2 Å². The van der Waals surface area contributed by atoms with Crippen LogP contribution >= 0.6 is 0 Å². The van der Waals surface area contributed by atoms with Crippen molar-refractivity contribution in [2.24, 2.45) is 10.2 Å². The van der Waals surface area contributed by atoms with E-state index >= 15 is 0 Å². The summed E-state index contributed by atoms with van der Waals surface area (Å²) in [6.45, 7) is 0. The Morgan fingerprint density at radius 3 is 2.30 bits per heavy atom. The van der Waals surface area contributed by atoms with Crippen molar-refractivity contribution in [1.82, 2.24) is 0 Å². The third-order valence-corrected chi connectivity index (χ3v) is 4.43. The Bertz CT molecular complexity index is 1020. The standard InChI is InChI=1S/C22H18N4O/c1-26(17-7-3-2-4-8-17)18-13-11-16(12-14-18)15-23-25-21-19-9-5-6-10-20(19)24-22(21)27/h2-15H,1H3,(H,24,25,27)/b23-15+. The molecular formula is C22H18N4O. The molecule has 0 saturated heterocycles. The quantitative estimate of drug-likeness (QED) is 0.563. The lowest BCUT2D eigenvalue weighted by atomic mass is 10.1. The number of fused-ring (bicyclic) bond motifs is 1. The first kappa shape index (κ1) is 16.7. The van der Waals surface area contributed by atoms with Gasteiger partial charge in [0.1, 0.15) is 0 Å². The number of nitrogens with zero attached hydrogens (tertiary/aromatic N) is 3. The fraction of sp³-hybridized carbons (Fsp3) is 0.0455. The van der Waals surface area contributed by atoms with Crippen molar-refractivity contribution in [2.75, 3.05) is 17.3 Å². The van der Waals surface area contributed by atoms with Gasteiger partial charge in [0.05, 0.1) is 11.9 Å². The van der Waals surface area contributed by atoms with Gasteiger partial charge in [0, 0.05) is 24.0 Å². The zero-order chi connectivity index (χ0) is 18.6. The number of anilines is 3. The molecule has 1 aliphatic heterocycles. The van der Waals surface area contributed by atoms with Crippen molar-refractivity contribution in [3.8, 4) is 0 Å². The normalized spacial score (nSPS) is 14.4. The first-order valence-corrected chi connectivity index (χ1v) is 8.63. The maximum absolute atomic E-state index is 12.0. The third kappa shape index (κ3) is 3.48. The highest BCUT2D eigenvalue weighted by Gasteiger charge is 2.25. The smallest absolute Gasteiger partial charge is 0.276 e. The number of rotatable bonds is 4. The van der Waals surface area contributed by atoms with Crippen LogP contribution < -0.4 is 10.2 Å². The molecule has 3 aromatic rings. The van der Waals surface area contributed by atoms with Crippen LogP contribution in [-0.2, 0) is 4.79 Å². The van der Waals surface area contributed by atoms with Crippen LogP contribution in [0.1, 0.15) is 11.1 Å². The molecular weight excluding hydrogens is 336 g/mol. The van der Waals surface area contributed by atoms with E-state index in [1.165, 1.54) is 0 Å². The van der Waals surface area contributed by atoms with Gasteiger partial charge in [-0.2, -0.15) is 5.10 Å². The van der Waals surface area contributed by atoms with Crippen LogP contribution in [0.2, 0.25) is 0 Å². The van der Waals surface area contributed by atoms with Crippen LogP contribution in [-0.4, -0.2) is 24.9 Å². The predicted octanol–water partition coefficient (Wildman–Crippen LogP) is 4.23. The van der Waals surface area contributed by atoms with E-state index < -0.39 is 0 Å². The largest absolute Gasteiger partial charge is 0.345 e. The molecule has 3 aromatic carbocycles. The number of hydrogen-bond donors (Lipinski definition) is 1. The lowest BCUT2D eigenvalue weighted by molar-refractivity contribution is -0.110. The van der Waals surface area contributed by atoms with Gasteiger partial charge in [-0.1, -0.05) is 48.5 Å². The molecule has 0 bridgehead atoms. The van der Waals surface area contributed by atoms with Crippen molar-refractivity contribution in [1.29, 1.82) is 0 Å². The Morgan fingerprint density at radius 2 is 1.52 bits per heavy atom. The lowest BCUT2D eigenvalue weighted by Crippen LogP contribution is -2.13. The molecule has 132 valence electrons. The molecule has 27 heavy (non-hydrogen) atoms. The van der Waals surface area contributed by atoms with Crippen LogP contribution in [0.15, 0.2) is 89.1 Å². The summed E-state index contributed by atoms with van der Waals surface area (Å²) in [5.74, 6) is -0.229. The highest BCUT2D eigenvalue weighted by atomic mass is 16.2. The number of carbonyl (C=O) groups is 1. The summed E-state index contributed by atoms with van der Waals surface area (Å²) in [4.78, 5) is 14.1. The molecule has 5 heteroatoms. The van der Waals surface area contributed by atoms with Crippen molar-refractivity contribution in [3.05, 3.63) is 90.0 Å². The van der Waals surface area contributed by atoms with Crippen LogP contribution in [0.3, 0.4) is 0 Å². The minimum atomic E-state index is -0.229. The van der Waals surface area contributed by atoms with E-state index in [2.05, 4.69) is 32.6 Å². The summed E-state index contributed by atoms with van der Waals surface area (Å²) in [6, 6.07) is 25.6. The highest BCUT2D eigenvalue weighted by molar-refractivity contribution is 6.53. The van der Waals surface area contributed by atoms with Gasteiger partial charge in [0.25, 0.3) is 5.91 Å². The number of benzene rings is 3. The zero-order valence-corrected chi connectivity index (χ0v) is 14.8. The molecule has 0 unspecified atom stereocenters. The highest BCUT2D eigenvalue weighted by Crippen LogP contribution is 2.24. The molecule has 5 nitrogen and oxygen atoms in total. The molecule has 0 radical (unpaired) electrons. The summed E-state index contributed by atoms with van der Waals surface area (Å²) in [5.41, 5.74) is 4.99. The fourth-order valence-electron chi connectivity index (χ4n) is 2.94. The van der Waals surface area contributed by atoms with Crippen LogP contribution in [0.4, 0.5) is 17.1 Å². The molecule has 1 heterocycles. The summed E-state index contributed by atoms with van der Waals surface area (Å²) in [6.07, 6.45) is 1.65. The van der Waals surface area contributed by atoms with Gasteiger partial charge in [-0.25, -0.2) is 0 Å². The zero-order valence-electron chi connectivity index (χ0n) is 14.8. The maximum Gasteiger partial charge on any atom is 0.276 e. The fourth-order valence-corrected chi connectivity index (χ4v) is 2.94. The van der Waals surface area contributed by atoms with Crippen LogP contribution in [0.25, 0.3) is 0 Å². The first-order chi connectivity index (χ1) is 13.2. The maximum atomic E-state index is 12.0. The lowest BCUT2D eigenvalue weighted by Gasteiger charge is -2.19. The van der Waals surface area contributed by atoms with Gasteiger partial charge in [-0.15, -0.1) is 5.10 Å². The van der Waals surface area contributed by atoms with Gasteiger partial charge in [0.15, 0.2) is 5.71 Å². The van der Waals surface area contributed by atoms with Gasteiger partial charge >= 0.3 is 0 Å². The average molecular weight is 354 g/mol. The molecule has 0 fully saturated rings. The van der Waals surface area contributed by atoms with Crippen molar-refractivity contribution in [2.45, 2.75) is 0 Å². The molecule has 4 rings (SSSR count). The Morgan fingerprint density at radius 1 is 0.852 bits per heavy atom. The summed E-state index contributed by atoms with van der Waals surface area (Å²) >= 11 is 0. The minimum absolute atomic E-state index is 0.229. The molecule has 1 N–H and O–H groups in total. The molecule has 0 aromatic heterocycles. The Hall–Kier alpha value is -3.73. The summed E-state index contributed by atoms with van der Waals surface area (Å²) in [5, 5.41) is 11.0.